The van der Waals surface area contributed by atoms with Crippen molar-refractivity contribution in [1.82, 2.24) is 15.2 Å². The highest BCUT2D eigenvalue weighted by molar-refractivity contribution is 14.0. The first-order valence-electron chi connectivity index (χ1n) is 7.45. The van der Waals surface area contributed by atoms with E-state index in [2.05, 4.69) is 37.4 Å². The van der Waals surface area contributed by atoms with Crippen LogP contribution in [-0.4, -0.2) is 67.6 Å². The average molecular weight is 435 g/mol. The number of aliphatic imine (C=N–C) groups is 1. The molecule has 2 heterocycles. The zero-order valence-corrected chi connectivity index (χ0v) is 16.5. The number of thioether (sulfide) groups is 1. The first-order valence-corrected chi connectivity index (χ1v) is 8.85. The zero-order valence-electron chi connectivity index (χ0n) is 13.4. The monoisotopic (exact) mass is 435 g/mol. The molecule has 1 fully saturated rings. The zero-order chi connectivity index (χ0) is 14.9. The highest BCUT2D eigenvalue weighted by Crippen LogP contribution is 2.12. The Hall–Kier alpha value is -0.700. The third-order valence-corrected chi connectivity index (χ3v) is 4.27. The molecule has 0 unspecified atom stereocenters. The van der Waals surface area contributed by atoms with E-state index in [0.29, 0.717) is 0 Å². The number of nitrogens with one attached hydrogen (secondary N) is 1. The minimum atomic E-state index is 0. The van der Waals surface area contributed by atoms with Gasteiger partial charge >= 0.3 is 0 Å². The van der Waals surface area contributed by atoms with Gasteiger partial charge in [0.25, 0.3) is 0 Å². The predicted octanol–water partition coefficient (Wildman–Crippen LogP) is 2.15. The smallest absolute Gasteiger partial charge is 0.193 e. The van der Waals surface area contributed by atoms with Crippen LogP contribution in [0.2, 0.25) is 0 Å². The van der Waals surface area contributed by atoms with Gasteiger partial charge in [-0.1, -0.05) is 6.07 Å². The molecule has 0 aliphatic carbocycles. The van der Waals surface area contributed by atoms with E-state index in [1.54, 1.807) is 0 Å². The first kappa shape index (κ1) is 19.3. The molecule has 22 heavy (non-hydrogen) atoms. The maximum Gasteiger partial charge on any atom is 0.193 e. The average Bonchev–Trinajstić information content (AvgIpc) is 2.56. The number of pyridine rings is 1. The van der Waals surface area contributed by atoms with E-state index in [1.807, 2.05) is 37.1 Å². The van der Waals surface area contributed by atoms with Gasteiger partial charge in [0.2, 0.25) is 0 Å². The van der Waals surface area contributed by atoms with Gasteiger partial charge in [0, 0.05) is 46.0 Å². The topological polar surface area (TPSA) is 43.8 Å². The molecule has 1 aliphatic heterocycles. The lowest BCUT2D eigenvalue weighted by atomic mass is 10.3. The van der Waals surface area contributed by atoms with Gasteiger partial charge in [-0.3, -0.25) is 4.99 Å². The molecule has 0 amide bonds. The van der Waals surface area contributed by atoms with Gasteiger partial charge < -0.3 is 15.1 Å². The Labute approximate surface area is 155 Å². The van der Waals surface area contributed by atoms with E-state index in [9.17, 15) is 0 Å². The quantitative estimate of drug-likeness (QED) is 0.333. The molecule has 0 spiro atoms. The highest BCUT2D eigenvalue weighted by Gasteiger charge is 2.19. The summed E-state index contributed by atoms with van der Waals surface area (Å²) in [5.41, 5.74) is 0. The largest absolute Gasteiger partial charge is 0.356 e. The first-order chi connectivity index (χ1) is 10.3. The van der Waals surface area contributed by atoms with Gasteiger partial charge in [0.1, 0.15) is 5.82 Å². The van der Waals surface area contributed by atoms with Crippen molar-refractivity contribution in [3.8, 4) is 0 Å². The molecule has 5 nitrogen and oxygen atoms in total. The summed E-state index contributed by atoms with van der Waals surface area (Å²) in [7, 11) is 1.86. The molecule has 1 aromatic rings. The van der Waals surface area contributed by atoms with E-state index in [-0.39, 0.29) is 24.0 Å². The van der Waals surface area contributed by atoms with E-state index in [1.165, 1.54) is 12.2 Å². The molecule has 1 aliphatic rings. The van der Waals surface area contributed by atoms with Crippen LogP contribution in [0.25, 0.3) is 0 Å². The Morgan fingerprint density at radius 1 is 1.32 bits per heavy atom. The molecular formula is C15H26IN5S. The lowest BCUT2D eigenvalue weighted by molar-refractivity contribution is 0.371. The maximum absolute atomic E-state index is 4.42. The summed E-state index contributed by atoms with van der Waals surface area (Å²) < 4.78 is 0. The van der Waals surface area contributed by atoms with Crippen LogP contribution in [0.3, 0.4) is 0 Å². The molecule has 0 atom stereocenters. The molecule has 0 saturated carbocycles. The maximum atomic E-state index is 4.42. The third-order valence-electron chi connectivity index (χ3n) is 3.57. The Bertz CT molecular complexity index is 435. The number of aromatic nitrogens is 1. The molecule has 0 bridgehead atoms. The van der Waals surface area contributed by atoms with Crippen LogP contribution in [0.15, 0.2) is 29.4 Å². The van der Waals surface area contributed by atoms with Crippen molar-refractivity contribution < 1.29 is 0 Å². The van der Waals surface area contributed by atoms with Gasteiger partial charge in [-0.05, 0) is 30.6 Å². The Morgan fingerprint density at radius 2 is 2.09 bits per heavy atom. The van der Waals surface area contributed by atoms with E-state index in [4.69, 9.17) is 0 Å². The van der Waals surface area contributed by atoms with Crippen molar-refractivity contribution in [2.45, 2.75) is 6.42 Å². The molecular weight excluding hydrogens is 409 g/mol. The summed E-state index contributed by atoms with van der Waals surface area (Å²) in [5, 5.41) is 3.46. The summed E-state index contributed by atoms with van der Waals surface area (Å²) in [6, 6.07) is 6.08. The lowest BCUT2D eigenvalue weighted by Crippen LogP contribution is -2.52. The molecule has 1 aromatic heterocycles. The lowest BCUT2D eigenvalue weighted by Gasteiger charge is -2.37. The van der Waals surface area contributed by atoms with Crippen molar-refractivity contribution in [2.24, 2.45) is 4.99 Å². The molecule has 0 radical (unpaired) electrons. The minimum Gasteiger partial charge on any atom is -0.356 e. The van der Waals surface area contributed by atoms with Gasteiger partial charge in [0.15, 0.2) is 5.96 Å². The molecule has 124 valence electrons. The van der Waals surface area contributed by atoms with Crippen LogP contribution < -0.4 is 10.2 Å². The fourth-order valence-corrected chi connectivity index (χ4v) is 2.87. The van der Waals surface area contributed by atoms with Gasteiger partial charge in [-0.2, -0.15) is 11.8 Å². The normalized spacial score (nSPS) is 15.5. The number of hydrogen-bond acceptors (Lipinski definition) is 4. The van der Waals surface area contributed by atoms with Gasteiger partial charge in [-0.15, -0.1) is 24.0 Å². The number of piperazine rings is 1. The fourth-order valence-electron chi connectivity index (χ4n) is 2.44. The molecule has 7 heteroatoms. The number of nitrogens with zero attached hydrogens (tertiary/aromatic N) is 4. The number of hydrogen-bond donors (Lipinski definition) is 1. The molecule has 2 rings (SSSR count). The second kappa shape index (κ2) is 10.9. The molecule has 0 aromatic carbocycles. The SMILES string of the molecule is CN=C(NCCCSC)N1CCN(c2ccccn2)CC1.I. The summed E-state index contributed by atoms with van der Waals surface area (Å²) in [6.07, 6.45) is 5.17. The molecule has 1 saturated heterocycles. The van der Waals surface area contributed by atoms with Crippen molar-refractivity contribution >= 4 is 47.5 Å². The van der Waals surface area contributed by atoms with Crippen LogP contribution in [0, 0.1) is 0 Å². The highest BCUT2D eigenvalue weighted by atomic mass is 127. The van der Waals surface area contributed by atoms with Crippen molar-refractivity contribution in [3.63, 3.8) is 0 Å². The van der Waals surface area contributed by atoms with E-state index in [0.717, 1.165) is 44.5 Å². The Morgan fingerprint density at radius 3 is 2.68 bits per heavy atom. The summed E-state index contributed by atoms with van der Waals surface area (Å²) in [4.78, 5) is 13.5. The number of anilines is 1. The summed E-state index contributed by atoms with van der Waals surface area (Å²) in [5.74, 6) is 3.29. The van der Waals surface area contributed by atoms with Crippen LogP contribution in [-0.2, 0) is 0 Å². The second-order valence-corrected chi connectivity index (χ2v) is 5.97. The Kier molecular flexibility index (Phi) is 9.61. The van der Waals surface area contributed by atoms with E-state index < -0.39 is 0 Å². The predicted molar refractivity (Wildman–Crippen MR) is 108 cm³/mol. The fraction of sp³-hybridized carbons (Fsp3) is 0.600. The summed E-state index contributed by atoms with van der Waals surface area (Å²) >= 11 is 1.89. The number of rotatable bonds is 5. The van der Waals surface area contributed by atoms with E-state index >= 15 is 0 Å². The second-order valence-electron chi connectivity index (χ2n) is 4.98. The summed E-state index contributed by atoms with van der Waals surface area (Å²) in [6.45, 7) is 4.94. The standard InChI is InChI=1S/C15H25N5S.HI/c1-16-15(18-8-5-13-21-2)20-11-9-19(10-12-20)14-6-3-4-7-17-14;/h3-4,6-7H,5,8-13H2,1-2H3,(H,16,18);1H. The minimum absolute atomic E-state index is 0. The van der Waals surface area contributed by atoms with Crippen molar-refractivity contribution in [3.05, 3.63) is 24.4 Å². The number of halogens is 1. The van der Waals surface area contributed by atoms with Crippen molar-refractivity contribution in [1.29, 1.82) is 0 Å². The van der Waals surface area contributed by atoms with Crippen LogP contribution in [0.4, 0.5) is 5.82 Å². The van der Waals surface area contributed by atoms with Gasteiger partial charge in [0.05, 0.1) is 0 Å². The molecule has 1 N–H and O–H groups in total. The Balaban J connectivity index is 0.00000242. The van der Waals surface area contributed by atoms with Crippen LogP contribution in [0.5, 0.6) is 0 Å². The third kappa shape index (κ3) is 5.83. The van der Waals surface area contributed by atoms with Crippen LogP contribution in [0.1, 0.15) is 6.42 Å². The number of guanidine groups is 1. The van der Waals surface area contributed by atoms with Crippen molar-refractivity contribution in [2.75, 3.05) is 56.7 Å². The van der Waals surface area contributed by atoms with Gasteiger partial charge in [-0.25, -0.2) is 4.98 Å². The van der Waals surface area contributed by atoms with Crippen LogP contribution >= 0.6 is 35.7 Å².